The molecule has 1 aliphatic heterocycles. The van der Waals surface area contributed by atoms with E-state index in [1.165, 1.54) is 30.9 Å². The average molecular weight is 373 g/mol. The Kier molecular flexibility index (Phi) is 4.36. The predicted molar refractivity (Wildman–Crippen MR) is 93.4 cm³/mol. The van der Waals surface area contributed by atoms with E-state index in [2.05, 4.69) is 10.1 Å². The maximum atomic E-state index is 13.4. The highest BCUT2D eigenvalue weighted by molar-refractivity contribution is 7.22. The van der Waals surface area contributed by atoms with Gasteiger partial charge in [-0.3, -0.25) is 4.79 Å². The SMILES string of the molecule is O=C(C1=COCCO1)N(/N=C\c1ccco1)c1nc2ccc(F)cc2s1. The van der Waals surface area contributed by atoms with Gasteiger partial charge in [0, 0.05) is 0 Å². The number of hydrogen-bond donors (Lipinski definition) is 0. The zero-order valence-electron chi connectivity index (χ0n) is 13.3. The van der Waals surface area contributed by atoms with Crippen LogP contribution in [0, 0.1) is 5.82 Å². The van der Waals surface area contributed by atoms with Gasteiger partial charge in [-0.1, -0.05) is 11.3 Å². The smallest absolute Gasteiger partial charge is 0.319 e. The Bertz CT molecular complexity index is 997. The number of ether oxygens (including phenoxy) is 2. The van der Waals surface area contributed by atoms with Crippen molar-refractivity contribution in [3.63, 3.8) is 0 Å². The van der Waals surface area contributed by atoms with Crippen molar-refractivity contribution >= 4 is 38.8 Å². The number of halogens is 1. The average Bonchev–Trinajstić information content (AvgIpc) is 3.31. The van der Waals surface area contributed by atoms with E-state index in [9.17, 15) is 9.18 Å². The fraction of sp³-hybridized carbons (Fsp3) is 0.118. The largest absolute Gasteiger partial charge is 0.494 e. The molecule has 0 saturated carbocycles. The van der Waals surface area contributed by atoms with Crippen molar-refractivity contribution in [1.29, 1.82) is 0 Å². The summed E-state index contributed by atoms with van der Waals surface area (Å²) in [6, 6.07) is 7.61. The first kappa shape index (κ1) is 16.3. The van der Waals surface area contributed by atoms with Crippen LogP contribution < -0.4 is 5.01 Å². The second-order valence-corrected chi connectivity index (χ2v) is 6.20. The maximum absolute atomic E-state index is 13.4. The summed E-state index contributed by atoms with van der Waals surface area (Å²) in [5, 5.41) is 5.52. The van der Waals surface area contributed by atoms with Crippen LogP contribution in [-0.4, -0.2) is 30.3 Å². The molecule has 0 N–H and O–H groups in total. The molecule has 26 heavy (non-hydrogen) atoms. The number of furan rings is 1. The van der Waals surface area contributed by atoms with Gasteiger partial charge in [-0.2, -0.15) is 10.1 Å². The number of rotatable bonds is 4. The zero-order chi connectivity index (χ0) is 17.9. The number of hydrazone groups is 1. The Balaban J connectivity index is 1.73. The molecular formula is C17H12FN3O4S. The number of hydrogen-bond acceptors (Lipinski definition) is 7. The molecule has 3 heterocycles. The standard InChI is InChI=1S/C17H12FN3O4S/c18-11-3-4-13-15(8-11)26-17(20-13)21(19-9-12-2-1-5-24-12)16(22)14-10-23-6-7-25-14/h1-5,8-10H,6-7H2/b19-9-. The maximum Gasteiger partial charge on any atom is 0.319 e. The number of benzene rings is 1. The van der Waals surface area contributed by atoms with Gasteiger partial charge >= 0.3 is 5.91 Å². The molecule has 0 radical (unpaired) electrons. The second kappa shape index (κ2) is 6.96. The van der Waals surface area contributed by atoms with Gasteiger partial charge in [-0.15, -0.1) is 0 Å². The van der Waals surface area contributed by atoms with Crippen molar-refractivity contribution in [2.24, 2.45) is 5.10 Å². The van der Waals surface area contributed by atoms with E-state index in [1.54, 1.807) is 18.2 Å². The van der Waals surface area contributed by atoms with Crippen molar-refractivity contribution in [1.82, 2.24) is 4.98 Å². The quantitative estimate of drug-likeness (QED) is 0.518. The molecule has 1 amide bonds. The third kappa shape index (κ3) is 3.29. The molecule has 9 heteroatoms. The number of anilines is 1. The van der Waals surface area contributed by atoms with Crippen molar-refractivity contribution in [3.8, 4) is 0 Å². The van der Waals surface area contributed by atoms with E-state index in [0.29, 0.717) is 22.6 Å². The summed E-state index contributed by atoms with van der Waals surface area (Å²) < 4.78 is 29.7. The number of carbonyl (C=O) groups is 1. The van der Waals surface area contributed by atoms with Gasteiger partial charge in [0.2, 0.25) is 10.9 Å². The number of carbonyl (C=O) groups excluding carboxylic acids is 1. The molecule has 7 nitrogen and oxygen atoms in total. The highest BCUT2D eigenvalue weighted by atomic mass is 32.1. The van der Waals surface area contributed by atoms with Gasteiger partial charge in [0.15, 0.2) is 0 Å². The van der Waals surface area contributed by atoms with Crippen LogP contribution in [0.25, 0.3) is 10.2 Å². The number of thiazole rings is 1. The van der Waals surface area contributed by atoms with Crippen molar-refractivity contribution < 1.29 is 23.1 Å². The van der Waals surface area contributed by atoms with Gasteiger partial charge in [0.05, 0.1) is 22.7 Å². The van der Waals surface area contributed by atoms with Crippen LogP contribution in [0.4, 0.5) is 9.52 Å². The number of amides is 1. The van der Waals surface area contributed by atoms with E-state index in [0.717, 1.165) is 16.3 Å². The van der Waals surface area contributed by atoms with E-state index in [-0.39, 0.29) is 23.3 Å². The summed E-state index contributed by atoms with van der Waals surface area (Å²) in [5.74, 6) is -0.452. The topological polar surface area (TPSA) is 77.2 Å². The summed E-state index contributed by atoms with van der Waals surface area (Å²) in [5.41, 5.74) is 0.562. The third-order valence-electron chi connectivity index (χ3n) is 3.42. The molecule has 0 fully saturated rings. The minimum atomic E-state index is -0.549. The van der Waals surface area contributed by atoms with E-state index in [1.807, 2.05) is 0 Å². The molecule has 0 bridgehead atoms. The van der Waals surface area contributed by atoms with Gasteiger partial charge < -0.3 is 13.9 Å². The summed E-state index contributed by atoms with van der Waals surface area (Å²) in [6.07, 6.45) is 4.12. The lowest BCUT2D eigenvalue weighted by Crippen LogP contribution is -2.30. The van der Waals surface area contributed by atoms with Crippen LogP contribution in [0.1, 0.15) is 5.76 Å². The highest BCUT2D eigenvalue weighted by Crippen LogP contribution is 2.30. The Morgan fingerprint density at radius 1 is 1.35 bits per heavy atom. The highest BCUT2D eigenvalue weighted by Gasteiger charge is 2.26. The first-order valence-corrected chi connectivity index (χ1v) is 8.45. The fourth-order valence-electron chi connectivity index (χ4n) is 2.23. The lowest BCUT2D eigenvalue weighted by atomic mass is 10.3. The predicted octanol–water partition coefficient (Wildman–Crippen LogP) is 3.28. The molecule has 0 atom stereocenters. The van der Waals surface area contributed by atoms with Crippen LogP contribution in [0.2, 0.25) is 0 Å². The molecule has 132 valence electrons. The lowest BCUT2D eigenvalue weighted by molar-refractivity contribution is -0.119. The van der Waals surface area contributed by atoms with Crippen LogP contribution in [0.15, 0.2) is 58.1 Å². The van der Waals surface area contributed by atoms with Crippen LogP contribution in [0.5, 0.6) is 0 Å². The molecule has 3 aromatic rings. The van der Waals surface area contributed by atoms with Crippen LogP contribution in [0.3, 0.4) is 0 Å². The minimum absolute atomic E-state index is 0.0123. The first-order valence-electron chi connectivity index (χ1n) is 7.63. The van der Waals surface area contributed by atoms with Gasteiger partial charge in [0.25, 0.3) is 0 Å². The minimum Gasteiger partial charge on any atom is -0.494 e. The Labute approximate surface area is 150 Å². The molecule has 0 aliphatic carbocycles. The van der Waals surface area contributed by atoms with Gasteiger partial charge in [0.1, 0.15) is 31.1 Å². The first-order chi connectivity index (χ1) is 12.7. The summed E-state index contributed by atoms with van der Waals surface area (Å²) >= 11 is 1.14. The Hall–Kier alpha value is -3.20. The molecule has 1 aliphatic rings. The molecule has 1 aromatic carbocycles. The molecule has 4 rings (SSSR count). The summed E-state index contributed by atoms with van der Waals surface area (Å²) in [7, 11) is 0. The molecule has 0 spiro atoms. The normalized spacial score (nSPS) is 14.1. The van der Waals surface area contributed by atoms with E-state index >= 15 is 0 Å². The van der Waals surface area contributed by atoms with E-state index in [4.69, 9.17) is 13.9 Å². The van der Waals surface area contributed by atoms with Crippen LogP contribution in [-0.2, 0) is 14.3 Å². The third-order valence-corrected chi connectivity index (χ3v) is 4.41. The summed E-state index contributed by atoms with van der Waals surface area (Å²) in [4.78, 5) is 17.2. The number of fused-ring (bicyclic) bond motifs is 1. The fourth-order valence-corrected chi connectivity index (χ4v) is 3.18. The van der Waals surface area contributed by atoms with Crippen molar-refractivity contribution in [2.75, 3.05) is 18.2 Å². The number of aromatic nitrogens is 1. The van der Waals surface area contributed by atoms with Gasteiger partial charge in [-0.05, 0) is 30.3 Å². The molecule has 2 aromatic heterocycles. The Morgan fingerprint density at radius 2 is 2.27 bits per heavy atom. The molecule has 0 unspecified atom stereocenters. The van der Waals surface area contributed by atoms with Gasteiger partial charge in [-0.25, -0.2) is 9.37 Å². The van der Waals surface area contributed by atoms with Crippen LogP contribution >= 0.6 is 11.3 Å². The van der Waals surface area contributed by atoms with E-state index < -0.39 is 5.91 Å². The molecule has 0 saturated heterocycles. The van der Waals surface area contributed by atoms with Crippen molar-refractivity contribution in [3.05, 3.63) is 60.2 Å². The zero-order valence-corrected chi connectivity index (χ0v) is 14.1. The second-order valence-electron chi connectivity index (χ2n) is 5.19. The Morgan fingerprint density at radius 3 is 3.04 bits per heavy atom. The number of nitrogens with zero attached hydrogens (tertiary/aromatic N) is 3. The monoisotopic (exact) mass is 373 g/mol. The molecular weight excluding hydrogens is 361 g/mol. The van der Waals surface area contributed by atoms with Crippen molar-refractivity contribution in [2.45, 2.75) is 0 Å². The summed E-state index contributed by atoms with van der Waals surface area (Å²) in [6.45, 7) is 0.630. The lowest BCUT2D eigenvalue weighted by Gasteiger charge is -2.18.